The number of carbonyl (C=O) groups excluding carboxylic acids is 1. The number of hydrogen-bond acceptors (Lipinski definition) is 6. The van der Waals surface area contributed by atoms with E-state index < -0.39 is 0 Å². The second-order valence-electron chi connectivity index (χ2n) is 3.46. The largest absolute Gasteiger partial charge is 0.480 e. The SMILES string of the molecule is COc1cnc(C(=O)c2ccc(Br)cn2)c(OC)n1. The van der Waals surface area contributed by atoms with Gasteiger partial charge in [0.05, 0.1) is 20.4 Å². The average molecular weight is 324 g/mol. The number of aromatic nitrogens is 3. The normalized spacial score (nSPS) is 10.1. The Morgan fingerprint density at radius 2 is 1.95 bits per heavy atom. The van der Waals surface area contributed by atoms with Gasteiger partial charge in [-0.15, -0.1) is 0 Å². The lowest BCUT2D eigenvalue weighted by molar-refractivity contribution is 0.102. The molecular weight excluding hydrogens is 314 g/mol. The number of halogens is 1. The van der Waals surface area contributed by atoms with Gasteiger partial charge in [-0.3, -0.25) is 9.78 Å². The Morgan fingerprint density at radius 3 is 2.53 bits per heavy atom. The molecule has 0 bridgehead atoms. The predicted octanol–water partition coefficient (Wildman–Crippen LogP) is 1.88. The molecule has 2 rings (SSSR count). The van der Waals surface area contributed by atoms with Crippen LogP contribution in [0.1, 0.15) is 16.2 Å². The van der Waals surface area contributed by atoms with Crippen LogP contribution in [-0.2, 0) is 0 Å². The van der Waals surface area contributed by atoms with Crippen LogP contribution < -0.4 is 9.47 Å². The van der Waals surface area contributed by atoms with Crippen molar-refractivity contribution in [3.05, 3.63) is 40.4 Å². The maximum absolute atomic E-state index is 12.2. The highest BCUT2D eigenvalue weighted by molar-refractivity contribution is 9.10. The van der Waals surface area contributed by atoms with Gasteiger partial charge >= 0.3 is 0 Å². The summed E-state index contributed by atoms with van der Waals surface area (Å²) in [7, 11) is 2.87. The molecule has 0 amide bonds. The first-order valence-electron chi connectivity index (χ1n) is 5.27. The molecule has 6 nitrogen and oxygen atoms in total. The molecule has 0 unspecified atom stereocenters. The minimum Gasteiger partial charge on any atom is -0.480 e. The number of nitrogens with zero attached hydrogens (tertiary/aromatic N) is 3. The van der Waals surface area contributed by atoms with Crippen molar-refractivity contribution >= 4 is 21.7 Å². The Kier molecular flexibility index (Phi) is 4.06. The van der Waals surface area contributed by atoms with Crippen LogP contribution in [0.3, 0.4) is 0 Å². The van der Waals surface area contributed by atoms with Crippen LogP contribution in [0.2, 0.25) is 0 Å². The second-order valence-corrected chi connectivity index (χ2v) is 4.38. The fourth-order valence-electron chi connectivity index (χ4n) is 1.38. The van der Waals surface area contributed by atoms with Gasteiger partial charge in [-0.05, 0) is 28.1 Å². The van der Waals surface area contributed by atoms with Gasteiger partial charge < -0.3 is 9.47 Å². The Morgan fingerprint density at radius 1 is 1.16 bits per heavy atom. The molecule has 0 saturated carbocycles. The van der Waals surface area contributed by atoms with E-state index in [0.717, 1.165) is 4.47 Å². The van der Waals surface area contributed by atoms with Gasteiger partial charge in [0.15, 0.2) is 5.69 Å². The van der Waals surface area contributed by atoms with Gasteiger partial charge in [0, 0.05) is 10.7 Å². The van der Waals surface area contributed by atoms with E-state index >= 15 is 0 Å². The quantitative estimate of drug-likeness (QED) is 0.800. The van der Waals surface area contributed by atoms with Crippen molar-refractivity contribution in [1.82, 2.24) is 15.0 Å². The van der Waals surface area contributed by atoms with E-state index in [2.05, 4.69) is 30.9 Å². The number of ether oxygens (including phenoxy) is 2. The monoisotopic (exact) mass is 323 g/mol. The molecule has 7 heteroatoms. The first-order valence-corrected chi connectivity index (χ1v) is 6.06. The number of carbonyl (C=O) groups is 1. The highest BCUT2D eigenvalue weighted by Gasteiger charge is 2.19. The predicted molar refractivity (Wildman–Crippen MR) is 70.5 cm³/mol. The molecule has 0 atom stereocenters. The van der Waals surface area contributed by atoms with Gasteiger partial charge in [0.25, 0.3) is 0 Å². The summed E-state index contributed by atoms with van der Waals surface area (Å²) in [6, 6.07) is 3.32. The molecule has 2 heterocycles. The van der Waals surface area contributed by atoms with Crippen LogP contribution >= 0.6 is 15.9 Å². The van der Waals surface area contributed by atoms with Gasteiger partial charge in [-0.2, -0.15) is 4.98 Å². The first-order chi connectivity index (χ1) is 9.15. The number of pyridine rings is 1. The molecule has 2 aromatic rings. The van der Waals surface area contributed by atoms with E-state index in [-0.39, 0.29) is 28.9 Å². The molecule has 0 aliphatic heterocycles. The third-order valence-corrected chi connectivity index (χ3v) is 2.77. The minimum absolute atomic E-state index is 0.0955. The molecule has 0 aliphatic rings. The van der Waals surface area contributed by atoms with Crippen LogP contribution in [0.5, 0.6) is 11.8 Å². The Labute approximate surface area is 117 Å². The summed E-state index contributed by atoms with van der Waals surface area (Å²) in [5, 5.41) is 0. The van der Waals surface area contributed by atoms with E-state index in [1.807, 2.05) is 0 Å². The summed E-state index contributed by atoms with van der Waals surface area (Å²) in [6.45, 7) is 0. The fourth-order valence-corrected chi connectivity index (χ4v) is 1.62. The lowest BCUT2D eigenvalue weighted by Gasteiger charge is -2.06. The van der Waals surface area contributed by atoms with E-state index in [9.17, 15) is 4.79 Å². The zero-order chi connectivity index (χ0) is 13.8. The zero-order valence-electron chi connectivity index (χ0n) is 10.3. The molecule has 2 aromatic heterocycles. The molecule has 98 valence electrons. The van der Waals surface area contributed by atoms with Crippen molar-refractivity contribution in [3.63, 3.8) is 0 Å². The highest BCUT2D eigenvalue weighted by atomic mass is 79.9. The molecule has 0 radical (unpaired) electrons. The molecule has 0 aromatic carbocycles. The third kappa shape index (κ3) is 2.87. The van der Waals surface area contributed by atoms with Gasteiger partial charge in [0.1, 0.15) is 5.69 Å². The molecule has 0 N–H and O–H groups in total. The summed E-state index contributed by atoms with van der Waals surface area (Å²) in [5.74, 6) is 0.0192. The molecule has 19 heavy (non-hydrogen) atoms. The van der Waals surface area contributed by atoms with Crippen molar-refractivity contribution in [2.45, 2.75) is 0 Å². The standard InChI is InChI=1S/C12H10BrN3O3/c1-18-9-6-15-10(12(16-9)19-2)11(17)8-4-3-7(13)5-14-8/h3-6H,1-2H3. The smallest absolute Gasteiger partial charge is 0.247 e. The van der Waals surface area contributed by atoms with Crippen molar-refractivity contribution in [2.75, 3.05) is 14.2 Å². The molecule has 0 aliphatic carbocycles. The minimum atomic E-state index is -0.362. The van der Waals surface area contributed by atoms with Gasteiger partial charge in [-0.1, -0.05) is 0 Å². The lowest BCUT2D eigenvalue weighted by Crippen LogP contribution is -2.10. The molecular formula is C12H10BrN3O3. The molecule has 0 fully saturated rings. The van der Waals surface area contributed by atoms with Crippen molar-refractivity contribution in [2.24, 2.45) is 0 Å². The third-order valence-electron chi connectivity index (χ3n) is 2.30. The maximum Gasteiger partial charge on any atom is 0.247 e. The van der Waals surface area contributed by atoms with Crippen molar-refractivity contribution < 1.29 is 14.3 Å². The summed E-state index contributed by atoms with van der Waals surface area (Å²) < 4.78 is 10.8. The Bertz CT molecular complexity index is 602. The van der Waals surface area contributed by atoms with Crippen LogP contribution in [0.25, 0.3) is 0 Å². The van der Waals surface area contributed by atoms with Crippen LogP contribution in [0.15, 0.2) is 29.0 Å². The van der Waals surface area contributed by atoms with E-state index in [0.29, 0.717) is 0 Å². The molecule has 0 spiro atoms. The number of ketones is 1. The summed E-state index contributed by atoms with van der Waals surface area (Å²) in [5.41, 5.74) is 0.360. The summed E-state index contributed by atoms with van der Waals surface area (Å²) >= 11 is 3.25. The lowest BCUT2D eigenvalue weighted by atomic mass is 10.2. The van der Waals surface area contributed by atoms with Crippen LogP contribution in [0.4, 0.5) is 0 Å². The number of rotatable bonds is 4. The van der Waals surface area contributed by atoms with Crippen molar-refractivity contribution in [3.8, 4) is 11.8 Å². The van der Waals surface area contributed by atoms with E-state index in [4.69, 9.17) is 9.47 Å². The second kappa shape index (κ2) is 5.75. The maximum atomic E-state index is 12.2. The topological polar surface area (TPSA) is 74.2 Å². The summed E-state index contributed by atoms with van der Waals surface area (Å²) in [4.78, 5) is 24.3. The van der Waals surface area contributed by atoms with Crippen molar-refractivity contribution in [1.29, 1.82) is 0 Å². The first kappa shape index (κ1) is 13.4. The van der Waals surface area contributed by atoms with Gasteiger partial charge in [-0.25, -0.2) is 4.98 Å². The zero-order valence-corrected chi connectivity index (χ0v) is 11.8. The van der Waals surface area contributed by atoms with Crippen LogP contribution in [0, 0.1) is 0 Å². The van der Waals surface area contributed by atoms with Gasteiger partial charge in [0.2, 0.25) is 17.5 Å². The number of hydrogen-bond donors (Lipinski definition) is 0. The van der Waals surface area contributed by atoms with E-state index in [1.54, 1.807) is 12.1 Å². The summed E-state index contributed by atoms with van der Waals surface area (Å²) in [6.07, 6.45) is 2.89. The van der Waals surface area contributed by atoms with E-state index in [1.165, 1.54) is 26.6 Å². The Balaban J connectivity index is 2.40. The Hall–Kier alpha value is -2.02. The molecule has 0 saturated heterocycles. The average Bonchev–Trinajstić information content (AvgIpc) is 2.46. The van der Waals surface area contributed by atoms with Crippen LogP contribution in [-0.4, -0.2) is 35.0 Å². The highest BCUT2D eigenvalue weighted by Crippen LogP contribution is 2.19. The number of methoxy groups -OCH3 is 2. The fraction of sp³-hybridized carbons (Fsp3) is 0.167.